The van der Waals surface area contributed by atoms with Crippen LogP contribution in [0.3, 0.4) is 0 Å². The van der Waals surface area contributed by atoms with Crippen molar-refractivity contribution in [3.63, 3.8) is 0 Å². The van der Waals surface area contributed by atoms with Gasteiger partial charge in [0.15, 0.2) is 0 Å². The molecule has 1 aromatic carbocycles. The van der Waals surface area contributed by atoms with Gasteiger partial charge in [-0.2, -0.15) is 0 Å². The monoisotopic (exact) mass is 525 g/mol. The number of likely N-dealkylation sites (N-methyl/N-ethyl adjacent to an activating group) is 1. The summed E-state index contributed by atoms with van der Waals surface area (Å²) in [6.45, 7) is 3.38. The second-order valence-corrected chi connectivity index (χ2v) is 9.28. The van der Waals surface area contributed by atoms with Gasteiger partial charge in [-0.15, -0.1) is 0 Å². The Balaban J connectivity index is 1.56. The largest absolute Gasteiger partial charge is 0.465 e. The van der Waals surface area contributed by atoms with Gasteiger partial charge < -0.3 is 30.4 Å². The van der Waals surface area contributed by atoms with Gasteiger partial charge in [0.2, 0.25) is 5.91 Å². The number of benzene rings is 1. The lowest BCUT2D eigenvalue weighted by Crippen LogP contribution is -2.43. The minimum absolute atomic E-state index is 0.152. The number of para-hydroxylation sites is 2. The van der Waals surface area contributed by atoms with Gasteiger partial charge in [0.25, 0.3) is 5.91 Å². The van der Waals surface area contributed by atoms with E-state index in [1.54, 1.807) is 47.5 Å². The fourth-order valence-electron chi connectivity index (χ4n) is 3.97. The SMILES string of the molecule is CN(C)CCN(Cc1ccc(C(=O)Nc2ccccc2NC(=O)O)nc1)C(=O)NCCCN1CCCC1=O. The second-order valence-electron chi connectivity index (χ2n) is 9.28. The maximum absolute atomic E-state index is 12.9. The number of likely N-dealkylation sites (tertiary alicyclic amines) is 1. The summed E-state index contributed by atoms with van der Waals surface area (Å²) in [6, 6.07) is 9.55. The predicted molar refractivity (Wildman–Crippen MR) is 143 cm³/mol. The van der Waals surface area contributed by atoms with E-state index in [2.05, 4.69) is 20.9 Å². The minimum Gasteiger partial charge on any atom is -0.465 e. The van der Waals surface area contributed by atoms with Crippen LogP contribution >= 0.6 is 0 Å². The number of nitrogens with zero attached hydrogens (tertiary/aromatic N) is 4. The topological polar surface area (TPSA) is 147 Å². The van der Waals surface area contributed by atoms with Crippen molar-refractivity contribution in [3.8, 4) is 0 Å². The molecule has 1 aliphatic heterocycles. The number of anilines is 2. The Bertz CT molecular complexity index is 1120. The molecule has 0 radical (unpaired) electrons. The number of rotatable bonds is 12. The number of carbonyl (C=O) groups excluding carboxylic acids is 3. The van der Waals surface area contributed by atoms with Crippen LogP contribution in [0, 0.1) is 0 Å². The van der Waals surface area contributed by atoms with Crippen molar-refractivity contribution in [1.82, 2.24) is 25.0 Å². The van der Waals surface area contributed by atoms with Gasteiger partial charge in [-0.05, 0) is 50.7 Å². The summed E-state index contributed by atoms with van der Waals surface area (Å²) in [6.07, 6.45) is 2.50. The van der Waals surface area contributed by atoms with Crippen LogP contribution in [0.5, 0.6) is 0 Å². The molecular formula is C26H35N7O5. The van der Waals surface area contributed by atoms with Crippen LogP contribution in [0.15, 0.2) is 42.6 Å². The normalized spacial score (nSPS) is 12.9. The Morgan fingerprint density at radius 3 is 2.39 bits per heavy atom. The van der Waals surface area contributed by atoms with E-state index in [-0.39, 0.29) is 23.3 Å². The summed E-state index contributed by atoms with van der Waals surface area (Å²) in [5.74, 6) is -0.315. The number of amides is 5. The number of nitrogens with one attached hydrogen (secondary N) is 3. The molecule has 1 saturated heterocycles. The van der Waals surface area contributed by atoms with E-state index in [9.17, 15) is 19.2 Å². The van der Waals surface area contributed by atoms with Crippen molar-refractivity contribution in [3.05, 3.63) is 53.9 Å². The maximum Gasteiger partial charge on any atom is 0.409 e. The van der Waals surface area contributed by atoms with Gasteiger partial charge >= 0.3 is 12.1 Å². The molecule has 1 fully saturated rings. The maximum atomic E-state index is 12.9. The molecule has 0 spiro atoms. The Morgan fingerprint density at radius 2 is 1.79 bits per heavy atom. The van der Waals surface area contributed by atoms with Gasteiger partial charge in [0, 0.05) is 51.9 Å². The second kappa shape index (κ2) is 13.9. The lowest BCUT2D eigenvalue weighted by atomic mass is 10.2. The van der Waals surface area contributed by atoms with E-state index in [4.69, 9.17) is 5.11 Å². The number of hydrogen-bond acceptors (Lipinski definition) is 6. The highest BCUT2D eigenvalue weighted by atomic mass is 16.4. The average Bonchev–Trinajstić information content (AvgIpc) is 3.29. The number of carboxylic acid groups (broad SMARTS) is 1. The molecule has 0 saturated carbocycles. The first kappa shape index (κ1) is 28.4. The van der Waals surface area contributed by atoms with Crippen molar-refractivity contribution in [1.29, 1.82) is 0 Å². The zero-order valence-electron chi connectivity index (χ0n) is 21.8. The molecule has 0 bridgehead atoms. The van der Waals surface area contributed by atoms with Gasteiger partial charge in [0.05, 0.1) is 11.4 Å². The molecule has 4 N–H and O–H groups in total. The number of hydrogen-bond donors (Lipinski definition) is 4. The molecular weight excluding hydrogens is 490 g/mol. The summed E-state index contributed by atoms with van der Waals surface area (Å²) >= 11 is 0. The van der Waals surface area contributed by atoms with Crippen molar-refractivity contribution in [2.45, 2.75) is 25.8 Å². The van der Waals surface area contributed by atoms with Crippen LogP contribution in [-0.4, -0.2) is 95.5 Å². The molecule has 204 valence electrons. The molecule has 2 aromatic rings. The summed E-state index contributed by atoms with van der Waals surface area (Å²) in [4.78, 5) is 58.1. The standard InChI is InChI=1S/C26H35N7O5/c1-31(2)15-16-33(25(36)27-12-6-14-32-13-5-9-23(32)34)18-19-10-11-22(28-17-19)24(35)29-20-7-3-4-8-21(20)30-26(37)38/h3-4,7-8,10-11,17,30H,5-6,9,12-16,18H2,1-2H3,(H,27,36)(H,29,35)(H,37,38). The molecule has 12 nitrogen and oxygen atoms in total. The molecule has 1 aliphatic rings. The van der Waals surface area contributed by atoms with Crippen molar-refractivity contribution >= 4 is 35.3 Å². The predicted octanol–water partition coefficient (Wildman–Crippen LogP) is 2.51. The van der Waals surface area contributed by atoms with Crippen LogP contribution in [0.2, 0.25) is 0 Å². The number of carbonyl (C=O) groups is 4. The summed E-state index contributed by atoms with van der Waals surface area (Å²) in [7, 11) is 3.87. The third-order valence-electron chi connectivity index (χ3n) is 6.00. The highest BCUT2D eigenvalue weighted by molar-refractivity contribution is 6.05. The fourth-order valence-corrected chi connectivity index (χ4v) is 3.97. The smallest absolute Gasteiger partial charge is 0.409 e. The number of pyridine rings is 1. The van der Waals surface area contributed by atoms with Gasteiger partial charge in [-0.1, -0.05) is 18.2 Å². The van der Waals surface area contributed by atoms with E-state index in [1.165, 1.54) is 0 Å². The van der Waals surface area contributed by atoms with Gasteiger partial charge in [-0.25, -0.2) is 9.59 Å². The third-order valence-corrected chi connectivity index (χ3v) is 6.00. The number of urea groups is 1. The molecule has 5 amide bonds. The molecule has 38 heavy (non-hydrogen) atoms. The third kappa shape index (κ3) is 8.73. The van der Waals surface area contributed by atoms with E-state index in [1.807, 2.05) is 23.9 Å². The average molecular weight is 526 g/mol. The van der Waals surface area contributed by atoms with Gasteiger partial charge in [-0.3, -0.25) is 19.9 Å². The number of aromatic nitrogens is 1. The Hall–Kier alpha value is -4.19. The minimum atomic E-state index is -1.24. The van der Waals surface area contributed by atoms with Crippen LogP contribution in [0.25, 0.3) is 0 Å². The molecule has 0 aliphatic carbocycles. The molecule has 0 atom stereocenters. The summed E-state index contributed by atoms with van der Waals surface area (Å²) < 4.78 is 0. The van der Waals surface area contributed by atoms with Crippen molar-refractivity contribution < 1.29 is 24.3 Å². The van der Waals surface area contributed by atoms with E-state index in [0.717, 1.165) is 18.5 Å². The van der Waals surface area contributed by atoms with Crippen molar-refractivity contribution in [2.75, 3.05) is 57.5 Å². The molecule has 12 heteroatoms. The first-order chi connectivity index (χ1) is 18.2. The fraction of sp³-hybridized carbons (Fsp3) is 0.423. The van der Waals surface area contributed by atoms with Crippen LogP contribution < -0.4 is 16.0 Å². The quantitative estimate of drug-likeness (QED) is 0.311. The molecule has 1 aromatic heterocycles. The Labute approximate surface area is 222 Å². The summed E-state index contributed by atoms with van der Waals surface area (Å²) in [5.41, 5.74) is 1.47. The zero-order chi connectivity index (χ0) is 27.5. The van der Waals surface area contributed by atoms with Crippen LogP contribution in [-0.2, 0) is 11.3 Å². The lowest BCUT2D eigenvalue weighted by molar-refractivity contribution is -0.127. The lowest BCUT2D eigenvalue weighted by Gasteiger charge is -2.25. The van der Waals surface area contributed by atoms with E-state index >= 15 is 0 Å². The summed E-state index contributed by atoms with van der Waals surface area (Å²) in [5, 5.41) is 16.8. The van der Waals surface area contributed by atoms with Gasteiger partial charge in [0.1, 0.15) is 5.69 Å². The Morgan fingerprint density at radius 1 is 1.05 bits per heavy atom. The highest BCUT2D eigenvalue weighted by Crippen LogP contribution is 2.21. The van der Waals surface area contributed by atoms with Crippen molar-refractivity contribution in [2.24, 2.45) is 0 Å². The van der Waals surface area contributed by atoms with E-state index in [0.29, 0.717) is 51.3 Å². The van der Waals surface area contributed by atoms with Crippen LogP contribution in [0.4, 0.5) is 21.0 Å². The zero-order valence-corrected chi connectivity index (χ0v) is 21.8. The van der Waals surface area contributed by atoms with E-state index < -0.39 is 12.0 Å². The molecule has 0 unspecified atom stereocenters. The van der Waals surface area contributed by atoms with Crippen LogP contribution in [0.1, 0.15) is 35.3 Å². The Kier molecular flexibility index (Phi) is 10.4. The highest BCUT2D eigenvalue weighted by Gasteiger charge is 2.20. The first-order valence-electron chi connectivity index (χ1n) is 12.5. The first-order valence-corrected chi connectivity index (χ1v) is 12.5. The molecule has 2 heterocycles. The molecule has 3 rings (SSSR count).